The summed E-state index contributed by atoms with van der Waals surface area (Å²) in [5.41, 5.74) is 0. The Morgan fingerprint density at radius 1 is 1.08 bits per heavy atom. The van der Waals surface area contributed by atoms with Gasteiger partial charge in [0, 0.05) is 22.3 Å². The van der Waals surface area contributed by atoms with Crippen LogP contribution in [-0.4, -0.2) is 28.8 Å². The average molecular weight is 203 g/mol. The molecule has 0 atom stereocenters. The van der Waals surface area contributed by atoms with Crippen molar-refractivity contribution in [3.8, 4) is 0 Å². The molecular weight excluding hydrogens is 182 g/mol. The van der Waals surface area contributed by atoms with E-state index in [0.29, 0.717) is 0 Å². The summed E-state index contributed by atoms with van der Waals surface area (Å²) in [6.07, 6.45) is 2.41. The van der Waals surface area contributed by atoms with Gasteiger partial charge in [-0.25, -0.2) is 0 Å². The van der Waals surface area contributed by atoms with Crippen LogP contribution in [0.1, 0.15) is 26.7 Å². The molecule has 2 nitrogen and oxygen atoms in total. The highest BCUT2D eigenvalue weighted by Crippen LogP contribution is 2.27. The van der Waals surface area contributed by atoms with Crippen LogP contribution in [0.25, 0.3) is 0 Å². The highest BCUT2D eigenvalue weighted by Gasteiger charge is 2.29. The molecule has 0 saturated carbocycles. The quantitative estimate of drug-likeness (QED) is 0.698. The number of hydrogen-bond acceptors (Lipinski definition) is 2. The van der Waals surface area contributed by atoms with Gasteiger partial charge in [0.25, 0.3) is 0 Å². The fraction of sp³-hybridized carbons (Fsp3) is 1.00. The van der Waals surface area contributed by atoms with Crippen molar-refractivity contribution < 1.29 is 4.21 Å². The molecule has 2 fully saturated rings. The van der Waals surface area contributed by atoms with Crippen LogP contribution in [-0.2, 0) is 10.8 Å². The summed E-state index contributed by atoms with van der Waals surface area (Å²) >= 11 is 0. The molecule has 0 spiro atoms. The number of hydrogen-bond donors (Lipinski definition) is 1. The second-order valence-corrected chi connectivity index (χ2v) is 5.30. The van der Waals surface area contributed by atoms with Gasteiger partial charge in [0.15, 0.2) is 0 Å². The Morgan fingerprint density at radius 3 is 2.00 bits per heavy atom. The molecule has 0 aromatic carbocycles. The maximum absolute atomic E-state index is 11.0. The van der Waals surface area contributed by atoms with Crippen LogP contribution in [0.2, 0.25) is 0 Å². The molecule has 0 unspecified atom stereocenters. The SMILES string of the molecule is CC.O=S1CCC(C2CNC2)CC1. The van der Waals surface area contributed by atoms with E-state index in [2.05, 4.69) is 5.32 Å². The molecule has 2 rings (SSSR count). The largest absolute Gasteiger partial charge is 0.316 e. The van der Waals surface area contributed by atoms with Crippen LogP contribution in [0.5, 0.6) is 0 Å². The van der Waals surface area contributed by atoms with Crippen LogP contribution in [0.3, 0.4) is 0 Å². The molecule has 2 heterocycles. The molecular formula is C10H21NOS. The van der Waals surface area contributed by atoms with Crippen molar-refractivity contribution in [1.29, 1.82) is 0 Å². The van der Waals surface area contributed by atoms with Gasteiger partial charge in [-0.1, -0.05) is 13.8 Å². The highest BCUT2D eigenvalue weighted by molar-refractivity contribution is 7.85. The molecule has 1 N–H and O–H groups in total. The Hall–Kier alpha value is 0.110. The van der Waals surface area contributed by atoms with Crippen LogP contribution in [0.15, 0.2) is 0 Å². The summed E-state index contributed by atoms with van der Waals surface area (Å²) in [5, 5.41) is 3.29. The highest BCUT2D eigenvalue weighted by atomic mass is 32.2. The first kappa shape index (κ1) is 11.2. The van der Waals surface area contributed by atoms with E-state index in [4.69, 9.17) is 0 Å². The molecule has 0 aromatic heterocycles. The van der Waals surface area contributed by atoms with E-state index in [1.54, 1.807) is 0 Å². The normalized spacial score (nSPS) is 34.3. The first-order valence-electron chi connectivity index (χ1n) is 5.42. The summed E-state index contributed by atoms with van der Waals surface area (Å²) in [7, 11) is -0.476. The maximum atomic E-state index is 11.0. The van der Waals surface area contributed by atoms with E-state index in [9.17, 15) is 4.21 Å². The van der Waals surface area contributed by atoms with Crippen molar-refractivity contribution >= 4 is 10.8 Å². The minimum Gasteiger partial charge on any atom is -0.316 e. The lowest BCUT2D eigenvalue weighted by Gasteiger charge is -2.36. The zero-order chi connectivity index (χ0) is 9.68. The van der Waals surface area contributed by atoms with Gasteiger partial charge >= 0.3 is 0 Å². The third-order valence-corrected chi connectivity index (χ3v) is 4.29. The van der Waals surface area contributed by atoms with Crippen molar-refractivity contribution in [1.82, 2.24) is 5.32 Å². The molecule has 78 valence electrons. The van der Waals surface area contributed by atoms with Crippen LogP contribution in [0, 0.1) is 11.8 Å². The molecule has 0 amide bonds. The summed E-state index contributed by atoms with van der Waals surface area (Å²) in [6.45, 7) is 6.41. The van der Waals surface area contributed by atoms with Crippen molar-refractivity contribution in [2.24, 2.45) is 11.8 Å². The zero-order valence-corrected chi connectivity index (χ0v) is 9.53. The van der Waals surface area contributed by atoms with Crippen LogP contribution in [0.4, 0.5) is 0 Å². The van der Waals surface area contributed by atoms with Crippen molar-refractivity contribution in [3.63, 3.8) is 0 Å². The van der Waals surface area contributed by atoms with E-state index in [-0.39, 0.29) is 0 Å². The van der Waals surface area contributed by atoms with Gasteiger partial charge in [-0.05, 0) is 37.8 Å². The summed E-state index contributed by atoms with van der Waals surface area (Å²) in [6, 6.07) is 0. The second kappa shape index (κ2) is 5.76. The van der Waals surface area contributed by atoms with E-state index in [1.165, 1.54) is 25.9 Å². The van der Waals surface area contributed by atoms with Gasteiger partial charge in [-0.2, -0.15) is 0 Å². The van der Waals surface area contributed by atoms with E-state index < -0.39 is 10.8 Å². The predicted molar refractivity (Wildman–Crippen MR) is 58.3 cm³/mol. The monoisotopic (exact) mass is 203 g/mol. The van der Waals surface area contributed by atoms with Gasteiger partial charge in [0.05, 0.1) is 0 Å². The predicted octanol–water partition coefficient (Wildman–Crippen LogP) is 1.39. The molecule has 0 aliphatic carbocycles. The minimum atomic E-state index is -0.476. The van der Waals surface area contributed by atoms with E-state index in [0.717, 1.165) is 23.3 Å². The lowest BCUT2D eigenvalue weighted by molar-refractivity contribution is 0.220. The van der Waals surface area contributed by atoms with E-state index in [1.807, 2.05) is 13.8 Å². The molecule has 0 aromatic rings. The Kier molecular flexibility index (Phi) is 4.96. The lowest BCUT2D eigenvalue weighted by Crippen LogP contribution is -2.47. The van der Waals surface area contributed by atoms with Crippen molar-refractivity contribution in [3.05, 3.63) is 0 Å². The summed E-state index contributed by atoms with van der Waals surface area (Å²) < 4.78 is 11.0. The Bertz CT molecular complexity index is 158. The molecule has 13 heavy (non-hydrogen) atoms. The first-order valence-corrected chi connectivity index (χ1v) is 6.91. The Labute approximate surface area is 83.9 Å². The summed E-state index contributed by atoms with van der Waals surface area (Å²) in [4.78, 5) is 0. The van der Waals surface area contributed by atoms with Crippen LogP contribution < -0.4 is 5.32 Å². The fourth-order valence-corrected chi connectivity index (χ4v) is 3.26. The third-order valence-electron chi connectivity index (χ3n) is 2.91. The van der Waals surface area contributed by atoms with Crippen molar-refractivity contribution in [2.45, 2.75) is 26.7 Å². The standard InChI is InChI=1S/C8H15NOS.C2H6/c10-11-3-1-7(2-4-11)8-5-9-6-8;1-2/h7-9H,1-6H2;1-2H3. The van der Waals surface area contributed by atoms with Gasteiger partial charge in [-0.3, -0.25) is 4.21 Å². The smallest absolute Gasteiger partial charge is 0.0237 e. The zero-order valence-electron chi connectivity index (χ0n) is 8.71. The topological polar surface area (TPSA) is 29.1 Å². The molecule has 0 bridgehead atoms. The minimum absolute atomic E-state index is 0.476. The maximum Gasteiger partial charge on any atom is 0.0237 e. The second-order valence-electron chi connectivity index (χ2n) is 3.60. The van der Waals surface area contributed by atoms with Gasteiger partial charge in [0.1, 0.15) is 0 Å². The van der Waals surface area contributed by atoms with Crippen LogP contribution >= 0.6 is 0 Å². The van der Waals surface area contributed by atoms with Gasteiger partial charge in [-0.15, -0.1) is 0 Å². The number of rotatable bonds is 1. The molecule has 3 heteroatoms. The summed E-state index contributed by atoms with van der Waals surface area (Å²) in [5.74, 6) is 3.71. The average Bonchev–Trinajstić information content (AvgIpc) is 2.09. The molecule has 2 aliphatic rings. The van der Waals surface area contributed by atoms with Gasteiger partial charge < -0.3 is 5.32 Å². The number of nitrogens with one attached hydrogen (secondary N) is 1. The van der Waals surface area contributed by atoms with Crippen molar-refractivity contribution in [2.75, 3.05) is 24.6 Å². The molecule has 0 radical (unpaired) electrons. The lowest BCUT2D eigenvalue weighted by atomic mass is 9.83. The van der Waals surface area contributed by atoms with E-state index >= 15 is 0 Å². The third kappa shape index (κ3) is 3.06. The Balaban J connectivity index is 0.000000396. The molecule has 2 saturated heterocycles. The molecule has 2 aliphatic heterocycles. The Morgan fingerprint density at radius 2 is 1.62 bits per heavy atom. The first-order chi connectivity index (χ1) is 6.36. The van der Waals surface area contributed by atoms with Gasteiger partial charge in [0.2, 0.25) is 0 Å². The fourth-order valence-electron chi connectivity index (χ4n) is 1.93.